The number of carbonyl (C=O) groups excluding carboxylic acids is 1. The molecule has 0 saturated heterocycles. The zero-order chi connectivity index (χ0) is 15.2. The highest BCUT2D eigenvalue weighted by Crippen LogP contribution is 2.24. The second-order valence-electron chi connectivity index (χ2n) is 5.40. The Morgan fingerprint density at radius 2 is 2.20 bits per heavy atom. The molecule has 1 rings (SSSR count). The zero-order valence-electron chi connectivity index (χ0n) is 12.3. The molecule has 3 nitrogen and oxygen atoms in total. The summed E-state index contributed by atoms with van der Waals surface area (Å²) in [5, 5.41) is 4.01. The maximum atomic E-state index is 11.6. The van der Waals surface area contributed by atoms with E-state index >= 15 is 0 Å². The molecule has 20 heavy (non-hydrogen) atoms. The fourth-order valence-electron chi connectivity index (χ4n) is 2.08. The van der Waals surface area contributed by atoms with Crippen molar-refractivity contribution in [3.05, 3.63) is 29.3 Å². The summed E-state index contributed by atoms with van der Waals surface area (Å²) >= 11 is 7.69. The lowest BCUT2D eigenvalue weighted by Gasteiger charge is -2.29. The Morgan fingerprint density at radius 1 is 1.50 bits per heavy atom. The van der Waals surface area contributed by atoms with E-state index in [0.717, 1.165) is 28.5 Å². The van der Waals surface area contributed by atoms with Crippen molar-refractivity contribution in [3.63, 3.8) is 0 Å². The van der Waals surface area contributed by atoms with Crippen LogP contribution in [0, 0.1) is 0 Å². The number of hydrogen-bond acceptors (Lipinski definition) is 3. The van der Waals surface area contributed by atoms with E-state index < -0.39 is 5.54 Å². The van der Waals surface area contributed by atoms with Crippen LogP contribution in [0.15, 0.2) is 29.2 Å². The van der Waals surface area contributed by atoms with Crippen LogP contribution < -0.4 is 11.1 Å². The first-order valence-electron chi connectivity index (χ1n) is 6.79. The molecule has 0 aliphatic rings. The summed E-state index contributed by atoms with van der Waals surface area (Å²) in [6, 6.07) is 8.02. The average Bonchev–Trinajstić information content (AvgIpc) is 2.34. The van der Waals surface area contributed by atoms with E-state index in [1.54, 1.807) is 11.8 Å². The van der Waals surface area contributed by atoms with Gasteiger partial charge >= 0.3 is 0 Å². The molecule has 0 spiro atoms. The molecule has 0 heterocycles. The van der Waals surface area contributed by atoms with Gasteiger partial charge in [-0.25, -0.2) is 0 Å². The number of carbonyl (C=O) groups is 1. The minimum absolute atomic E-state index is 0.230. The lowest BCUT2D eigenvalue weighted by molar-refractivity contribution is -0.124. The van der Waals surface area contributed by atoms with Crippen molar-refractivity contribution in [1.82, 2.24) is 5.32 Å². The van der Waals surface area contributed by atoms with Crippen molar-refractivity contribution in [1.29, 1.82) is 0 Å². The largest absolute Gasteiger partial charge is 0.368 e. The zero-order valence-corrected chi connectivity index (χ0v) is 13.9. The van der Waals surface area contributed by atoms with Gasteiger partial charge in [0.15, 0.2) is 0 Å². The van der Waals surface area contributed by atoms with Crippen molar-refractivity contribution >= 4 is 29.3 Å². The number of nitrogens with two attached hydrogens (primary N) is 1. The standard InChI is InChI=1S/C15H23ClN2OS/c1-11(2)18-15(3,14(17)19)8-5-9-20-13-7-4-6-12(16)10-13/h4,6-7,10-11,18H,5,8-9H2,1-3H3,(H2,17,19). The molecule has 0 radical (unpaired) electrons. The van der Waals surface area contributed by atoms with E-state index in [9.17, 15) is 4.79 Å². The normalized spacial score (nSPS) is 14.2. The number of nitrogens with one attached hydrogen (secondary N) is 1. The summed E-state index contributed by atoms with van der Waals surface area (Å²) in [5.41, 5.74) is 4.87. The smallest absolute Gasteiger partial charge is 0.237 e. The van der Waals surface area contributed by atoms with Gasteiger partial charge in [0, 0.05) is 16.0 Å². The van der Waals surface area contributed by atoms with Crippen LogP contribution in [-0.4, -0.2) is 23.2 Å². The van der Waals surface area contributed by atoms with Gasteiger partial charge in [-0.1, -0.05) is 17.7 Å². The molecule has 1 atom stereocenters. The monoisotopic (exact) mass is 314 g/mol. The second-order valence-corrected chi connectivity index (χ2v) is 7.01. The quantitative estimate of drug-likeness (QED) is 0.571. The van der Waals surface area contributed by atoms with Crippen LogP contribution in [0.2, 0.25) is 5.02 Å². The maximum Gasteiger partial charge on any atom is 0.237 e. The maximum absolute atomic E-state index is 11.6. The van der Waals surface area contributed by atoms with Gasteiger partial charge in [0.25, 0.3) is 0 Å². The van der Waals surface area contributed by atoms with Crippen molar-refractivity contribution in [2.24, 2.45) is 5.73 Å². The number of primary amides is 1. The number of thioether (sulfide) groups is 1. The highest BCUT2D eigenvalue weighted by molar-refractivity contribution is 7.99. The van der Waals surface area contributed by atoms with Gasteiger partial charge in [-0.2, -0.15) is 0 Å². The molecule has 0 fully saturated rings. The molecule has 0 aromatic heterocycles. The molecule has 112 valence electrons. The van der Waals surface area contributed by atoms with E-state index in [-0.39, 0.29) is 11.9 Å². The van der Waals surface area contributed by atoms with Crippen LogP contribution in [-0.2, 0) is 4.79 Å². The molecule has 1 unspecified atom stereocenters. The van der Waals surface area contributed by atoms with E-state index in [0.29, 0.717) is 0 Å². The number of benzene rings is 1. The van der Waals surface area contributed by atoms with Crippen LogP contribution in [0.3, 0.4) is 0 Å². The SMILES string of the molecule is CC(C)NC(C)(CCCSc1cccc(Cl)c1)C(N)=O. The molecule has 0 bridgehead atoms. The number of rotatable bonds is 8. The van der Waals surface area contributed by atoms with E-state index in [2.05, 4.69) is 5.32 Å². The minimum Gasteiger partial charge on any atom is -0.368 e. The van der Waals surface area contributed by atoms with E-state index in [1.807, 2.05) is 45.0 Å². The molecule has 1 aromatic carbocycles. The summed E-state index contributed by atoms with van der Waals surface area (Å²) in [7, 11) is 0. The Labute approximate surface area is 130 Å². The number of halogens is 1. The fourth-order valence-corrected chi connectivity index (χ4v) is 3.24. The van der Waals surface area contributed by atoms with Crippen LogP contribution in [0.1, 0.15) is 33.6 Å². The lowest BCUT2D eigenvalue weighted by Crippen LogP contribution is -2.55. The van der Waals surface area contributed by atoms with Gasteiger partial charge in [0.05, 0.1) is 5.54 Å². The lowest BCUT2D eigenvalue weighted by atomic mass is 9.94. The topological polar surface area (TPSA) is 55.1 Å². The van der Waals surface area contributed by atoms with Crippen molar-refractivity contribution in [2.75, 3.05) is 5.75 Å². The average molecular weight is 315 g/mol. The molecule has 0 aliphatic heterocycles. The summed E-state index contributed by atoms with van der Waals surface area (Å²) in [4.78, 5) is 12.7. The number of amides is 1. The van der Waals surface area contributed by atoms with Gasteiger partial charge < -0.3 is 11.1 Å². The molecular formula is C15H23ClN2OS. The summed E-state index contributed by atoms with van der Waals surface area (Å²) in [6.07, 6.45) is 1.64. The van der Waals surface area contributed by atoms with Crippen molar-refractivity contribution < 1.29 is 4.79 Å². The molecule has 0 saturated carbocycles. The summed E-state index contributed by atoms with van der Waals surface area (Å²) < 4.78 is 0. The summed E-state index contributed by atoms with van der Waals surface area (Å²) in [5.74, 6) is 0.641. The van der Waals surface area contributed by atoms with Gasteiger partial charge in [-0.15, -0.1) is 11.8 Å². The fraction of sp³-hybridized carbons (Fsp3) is 0.533. The molecular weight excluding hydrogens is 292 g/mol. The Bertz CT molecular complexity index is 453. The number of hydrogen-bond donors (Lipinski definition) is 2. The molecule has 1 aromatic rings. The Kier molecular flexibility index (Phi) is 6.86. The third kappa shape index (κ3) is 5.73. The van der Waals surface area contributed by atoms with Crippen LogP contribution in [0.5, 0.6) is 0 Å². The molecule has 0 aliphatic carbocycles. The van der Waals surface area contributed by atoms with Crippen LogP contribution >= 0.6 is 23.4 Å². The van der Waals surface area contributed by atoms with Crippen LogP contribution in [0.4, 0.5) is 0 Å². The van der Waals surface area contributed by atoms with Crippen molar-refractivity contribution in [3.8, 4) is 0 Å². The van der Waals surface area contributed by atoms with E-state index in [1.165, 1.54) is 0 Å². The predicted molar refractivity (Wildman–Crippen MR) is 87.3 cm³/mol. The molecule has 3 N–H and O–H groups in total. The van der Waals surface area contributed by atoms with Crippen LogP contribution in [0.25, 0.3) is 0 Å². The summed E-state index contributed by atoms with van der Waals surface area (Å²) in [6.45, 7) is 5.91. The highest BCUT2D eigenvalue weighted by atomic mass is 35.5. The van der Waals surface area contributed by atoms with E-state index in [4.69, 9.17) is 17.3 Å². The third-order valence-corrected chi connectivity index (χ3v) is 4.35. The second kappa shape index (κ2) is 7.91. The van der Waals surface area contributed by atoms with Gasteiger partial charge in [-0.3, -0.25) is 4.79 Å². The van der Waals surface area contributed by atoms with Gasteiger partial charge in [-0.05, 0) is 57.6 Å². The third-order valence-electron chi connectivity index (χ3n) is 3.04. The Hall–Kier alpha value is -0.710. The first-order chi connectivity index (χ1) is 9.33. The Balaban J connectivity index is 2.43. The first-order valence-corrected chi connectivity index (χ1v) is 8.16. The predicted octanol–water partition coefficient (Wildman–Crippen LogP) is 3.45. The Morgan fingerprint density at radius 3 is 2.75 bits per heavy atom. The molecule has 5 heteroatoms. The van der Waals surface area contributed by atoms with Gasteiger partial charge in [0.1, 0.15) is 0 Å². The first kappa shape index (κ1) is 17.3. The molecule has 1 amide bonds. The van der Waals surface area contributed by atoms with Gasteiger partial charge in [0.2, 0.25) is 5.91 Å². The highest BCUT2D eigenvalue weighted by Gasteiger charge is 2.30. The van der Waals surface area contributed by atoms with Crippen molar-refractivity contribution in [2.45, 2.75) is 50.1 Å². The minimum atomic E-state index is -0.636.